The monoisotopic (exact) mass is 356 g/mol. The van der Waals surface area contributed by atoms with Crippen LogP contribution in [0.2, 0.25) is 0 Å². The molecule has 3 heterocycles. The van der Waals surface area contributed by atoms with E-state index in [9.17, 15) is 9.59 Å². The molecule has 6 nitrogen and oxygen atoms in total. The van der Waals surface area contributed by atoms with Crippen molar-refractivity contribution >= 4 is 33.9 Å². The molecule has 0 bridgehead atoms. The lowest BCUT2D eigenvalue weighted by atomic mass is 10.1. The topological polar surface area (TPSA) is 85.3 Å². The number of carbonyl (C=O) groups excluding carboxylic acids is 2. The summed E-state index contributed by atoms with van der Waals surface area (Å²) < 4.78 is 11.3. The lowest BCUT2D eigenvalue weighted by Crippen LogP contribution is -2.25. The van der Waals surface area contributed by atoms with Crippen molar-refractivity contribution in [2.45, 2.75) is 31.9 Å². The number of furan rings is 1. The first-order valence-corrected chi connectivity index (χ1v) is 8.81. The smallest absolute Gasteiger partial charge is 0.286 e. The predicted octanol–water partition coefficient (Wildman–Crippen LogP) is 3.52. The van der Waals surface area contributed by atoms with Gasteiger partial charge in [-0.15, -0.1) is 0 Å². The summed E-state index contributed by atoms with van der Waals surface area (Å²) in [5.74, 6) is 2.03. The van der Waals surface area contributed by atoms with Gasteiger partial charge in [0.2, 0.25) is 5.91 Å². The third-order valence-electron chi connectivity index (χ3n) is 4.16. The SMILES string of the molecule is Cc1nc(Cc2cc3cc(CC4SC(=O)NC4=O)ccc3o2)c(C)o1. The fourth-order valence-electron chi connectivity index (χ4n) is 3.00. The molecule has 2 aromatic heterocycles. The second kappa shape index (κ2) is 6.07. The van der Waals surface area contributed by atoms with Crippen molar-refractivity contribution in [3.05, 3.63) is 52.9 Å². The predicted molar refractivity (Wildman–Crippen MR) is 93.6 cm³/mol. The first-order chi connectivity index (χ1) is 12.0. The number of imide groups is 1. The van der Waals surface area contributed by atoms with Gasteiger partial charge in [-0.05, 0) is 37.1 Å². The summed E-state index contributed by atoms with van der Waals surface area (Å²) >= 11 is 1.04. The Labute approximate surface area is 148 Å². The number of aromatic nitrogens is 1. The molecule has 7 heteroatoms. The number of hydrogen-bond acceptors (Lipinski definition) is 6. The van der Waals surface area contributed by atoms with Crippen LogP contribution in [-0.2, 0) is 17.6 Å². The Morgan fingerprint density at radius 1 is 1.20 bits per heavy atom. The van der Waals surface area contributed by atoms with E-state index in [2.05, 4.69) is 10.3 Å². The van der Waals surface area contributed by atoms with Gasteiger partial charge in [-0.1, -0.05) is 17.8 Å². The van der Waals surface area contributed by atoms with Gasteiger partial charge >= 0.3 is 0 Å². The first-order valence-electron chi connectivity index (χ1n) is 7.93. The van der Waals surface area contributed by atoms with Gasteiger partial charge in [0.05, 0.1) is 17.4 Å². The van der Waals surface area contributed by atoms with Crippen LogP contribution in [0, 0.1) is 13.8 Å². The third-order valence-corrected chi connectivity index (χ3v) is 5.14. The number of rotatable bonds is 4. The zero-order chi connectivity index (χ0) is 17.6. The highest BCUT2D eigenvalue weighted by Gasteiger charge is 2.31. The molecule has 1 N–H and O–H groups in total. The van der Waals surface area contributed by atoms with Crippen molar-refractivity contribution in [2.24, 2.45) is 0 Å². The number of thioether (sulfide) groups is 1. The number of fused-ring (bicyclic) bond motifs is 1. The molecule has 3 aromatic rings. The number of nitrogens with one attached hydrogen (secondary N) is 1. The van der Waals surface area contributed by atoms with Crippen LogP contribution in [0.5, 0.6) is 0 Å². The van der Waals surface area contributed by atoms with Crippen molar-refractivity contribution in [3.63, 3.8) is 0 Å². The van der Waals surface area contributed by atoms with E-state index in [1.54, 1.807) is 0 Å². The molecule has 25 heavy (non-hydrogen) atoms. The first kappa shape index (κ1) is 16.0. The van der Waals surface area contributed by atoms with Crippen LogP contribution >= 0.6 is 11.8 Å². The van der Waals surface area contributed by atoms with Crippen LogP contribution in [0.25, 0.3) is 11.0 Å². The molecule has 1 aliphatic rings. The highest BCUT2D eigenvalue weighted by molar-refractivity contribution is 8.15. The zero-order valence-corrected chi connectivity index (χ0v) is 14.6. The van der Waals surface area contributed by atoms with E-state index < -0.39 is 0 Å². The molecular formula is C18H16N2O4S. The van der Waals surface area contributed by atoms with Crippen molar-refractivity contribution in [1.29, 1.82) is 0 Å². The van der Waals surface area contributed by atoms with E-state index in [1.165, 1.54) is 0 Å². The van der Waals surface area contributed by atoms with E-state index in [4.69, 9.17) is 8.83 Å². The largest absolute Gasteiger partial charge is 0.461 e. The molecule has 128 valence electrons. The molecule has 1 atom stereocenters. The lowest BCUT2D eigenvalue weighted by molar-refractivity contribution is -0.118. The summed E-state index contributed by atoms with van der Waals surface area (Å²) in [7, 11) is 0. The molecule has 4 rings (SSSR count). The Hall–Kier alpha value is -2.54. The van der Waals surface area contributed by atoms with Gasteiger partial charge in [0.15, 0.2) is 5.89 Å². The number of benzene rings is 1. The molecule has 0 aliphatic carbocycles. The molecule has 2 amide bonds. The summed E-state index contributed by atoms with van der Waals surface area (Å²) in [6, 6.07) is 7.81. The summed E-state index contributed by atoms with van der Waals surface area (Å²) in [4.78, 5) is 27.4. The number of hydrogen-bond donors (Lipinski definition) is 1. The second-order valence-corrected chi connectivity index (χ2v) is 7.26. The number of nitrogens with zero attached hydrogens (tertiary/aromatic N) is 1. The van der Waals surface area contributed by atoms with Crippen LogP contribution in [0.4, 0.5) is 4.79 Å². The molecule has 0 saturated carbocycles. The number of amides is 2. The van der Waals surface area contributed by atoms with Crippen molar-refractivity contribution in [1.82, 2.24) is 10.3 Å². The lowest BCUT2D eigenvalue weighted by Gasteiger charge is -2.04. The highest BCUT2D eigenvalue weighted by atomic mass is 32.2. The van der Waals surface area contributed by atoms with Crippen molar-refractivity contribution in [3.8, 4) is 0 Å². The van der Waals surface area contributed by atoms with E-state index in [1.807, 2.05) is 38.1 Å². The van der Waals surface area contributed by atoms with Crippen LogP contribution in [0.3, 0.4) is 0 Å². The molecule has 1 unspecified atom stereocenters. The van der Waals surface area contributed by atoms with Gasteiger partial charge in [0.25, 0.3) is 5.24 Å². The van der Waals surface area contributed by atoms with Crippen LogP contribution < -0.4 is 5.32 Å². The Bertz CT molecular complexity index is 988. The maximum atomic E-state index is 11.7. The minimum atomic E-state index is -0.364. The fraction of sp³-hybridized carbons (Fsp3) is 0.278. The van der Waals surface area contributed by atoms with Crippen LogP contribution in [-0.4, -0.2) is 21.4 Å². The average Bonchev–Trinajstić information content (AvgIpc) is 3.17. The summed E-state index contributed by atoms with van der Waals surface area (Å²) in [5.41, 5.74) is 2.65. The van der Waals surface area contributed by atoms with Crippen LogP contribution in [0.15, 0.2) is 33.1 Å². The van der Waals surface area contributed by atoms with E-state index >= 15 is 0 Å². The third kappa shape index (κ3) is 3.19. The fourth-order valence-corrected chi connectivity index (χ4v) is 3.86. The molecular weight excluding hydrogens is 340 g/mol. The Morgan fingerprint density at radius 3 is 2.72 bits per heavy atom. The maximum Gasteiger partial charge on any atom is 0.286 e. The van der Waals surface area contributed by atoms with Crippen LogP contribution in [0.1, 0.15) is 28.7 Å². The van der Waals surface area contributed by atoms with Gasteiger partial charge in [-0.25, -0.2) is 4.98 Å². The minimum absolute atomic E-state index is 0.222. The zero-order valence-electron chi connectivity index (χ0n) is 13.8. The van der Waals surface area contributed by atoms with E-state index in [0.29, 0.717) is 18.7 Å². The van der Waals surface area contributed by atoms with E-state index in [0.717, 1.165) is 45.5 Å². The van der Waals surface area contributed by atoms with Gasteiger partial charge in [0.1, 0.15) is 17.1 Å². The number of aryl methyl sites for hydroxylation is 2. The summed E-state index contributed by atoms with van der Waals surface area (Å²) in [5, 5.41) is 2.64. The standard InChI is InChI=1S/C18H16N2O4S/c1-9-14(19-10(2)23-9)8-13-7-12-5-11(3-4-15(12)24-13)6-16-17(21)20-18(22)25-16/h3-5,7,16H,6,8H2,1-2H3,(H,20,21,22). The Morgan fingerprint density at radius 2 is 2.04 bits per heavy atom. The van der Waals surface area contributed by atoms with Gasteiger partial charge in [-0.3, -0.25) is 14.9 Å². The number of carbonyl (C=O) groups is 2. The van der Waals surface area contributed by atoms with Gasteiger partial charge < -0.3 is 8.83 Å². The molecule has 1 aliphatic heterocycles. The Kier molecular flexibility index (Phi) is 3.88. The molecule has 0 radical (unpaired) electrons. The summed E-state index contributed by atoms with van der Waals surface area (Å²) in [6.07, 6.45) is 1.09. The quantitative estimate of drug-likeness (QED) is 0.770. The molecule has 1 aromatic carbocycles. The highest BCUT2D eigenvalue weighted by Crippen LogP contribution is 2.27. The van der Waals surface area contributed by atoms with Crippen molar-refractivity contribution in [2.75, 3.05) is 0 Å². The maximum absolute atomic E-state index is 11.7. The molecule has 1 fully saturated rings. The van der Waals surface area contributed by atoms with Gasteiger partial charge in [-0.2, -0.15) is 0 Å². The Balaban J connectivity index is 1.56. The number of oxazole rings is 1. The molecule has 0 spiro atoms. The normalized spacial score (nSPS) is 17.4. The average molecular weight is 356 g/mol. The summed E-state index contributed by atoms with van der Waals surface area (Å²) in [6.45, 7) is 3.71. The van der Waals surface area contributed by atoms with Gasteiger partial charge in [0, 0.05) is 12.3 Å². The van der Waals surface area contributed by atoms with E-state index in [-0.39, 0.29) is 16.4 Å². The minimum Gasteiger partial charge on any atom is -0.461 e. The second-order valence-electron chi connectivity index (χ2n) is 6.08. The van der Waals surface area contributed by atoms with Crippen molar-refractivity contribution < 1.29 is 18.4 Å². The molecule has 1 saturated heterocycles.